The Kier molecular flexibility index (Phi) is 18.4. The molecule has 63 heavy (non-hydrogen) atoms. The van der Waals surface area contributed by atoms with Crippen LogP contribution in [0.25, 0.3) is 11.1 Å². The number of carboxylic acids is 1. The van der Waals surface area contributed by atoms with E-state index in [0.29, 0.717) is 0 Å². The number of hydrogen-bond acceptors (Lipinski definition) is 17. The quantitative estimate of drug-likeness (QED) is 0.0566. The van der Waals surface area contributed by atoms with E-state index in [0.717, 1.165) is 16.7 Å². The molecule has 0 aromatic heterocycles. The number of carbonyl (C=O) groups excluding carboxylic acids is 2. The Bertz CT molecular complexity index is 1920. The van der Waals surface area contributed by atoms with Gasteiger partial charge in [0.05, 0.1) is 44.2 Å². The second-order valence-corrected chi connectivity index (χ2v) is 15.2. The molecule has 0 aliphatic carbocycles. The molecule has 0 radical (unpaired) electrons. The van der Waals surface area contributed by atoms with Gasteiger partial charge in [-0.3, -0.25) is 4.79 Å². The van der Waals surface area contributed by atoms with Crippen molar-refractivity contribution in [2.24, 2.45) is 0 Å². The predicted octanol–water partition coefficient (Wildman–Crippen LogP) is -5.38. The molecule has 3 fully saturated rings. The van der Waals surface area contributed by atoms with Crippen LogP contribution in [0.3, 0.4) is 0 Å². The number of amides is 2. The molecule has 10 N–H and O–H groups in total. The van der Waals surface area contributed by atoms with E-state index in [9.17, 15) is 60.3 Å². The summed E-state index contributed by atoms with van der Waals surface area (Å²) in [5.74, 6) is -6.05. The van der Waals surface area contributed by atoms with Crippen molar-refractivity contribution in [2.45, 2.75) is 105 Å². The van der Waals surface area contributed by atoms with Gasteiger partial charge < -0.3 is 89.8 Å². The maximum Gasteiger partial charge on any atom is 1.00 e. The van der Waals surface area contributed by atoms with Crippen LogP contribution in [0.5, 0.6) is 0 Å². The minimum Gasteiger partial charge on any atom is -0.544 e. The van der Waals surface area contributed by atoms with Crippen LogP contribution in [0.1, 0.15) is 28.8 Å². The zero-order valence-electron chi connectivity index (χ0n) is 34.2. The molecule has 3 heterocycles. The molecule has 3 aliphatic rings. The van der Waals surface area contributed by atoms with Crippen molar-refractivity contribution in [3.05, 3.63) is 96.1 Å². The molecule has 3 aliphatic heterocycles. The Balaban J connectivity index is 0.00000748. The largest absolute Gasteiger partial charge is 1.00 e. The number of nitrogens with one attached hydrogen (secondary N) is 2. The number of aliphatic hydroxyl groups is 7. The summed E-state index contributed by atoms with van der Waals surface area (Å²) in [4.78, 5) is 37.2. The third-order valence-corrected chi connectivity index (χ3v) is 11.0. The molecule has 3 saturated heterocycles. The fourth-order valence-corrected chi connectivity index (χ4v) is 7.60. The smallest absolute Gasteiger partial charge is 0.544 e. The number of hydrogen-bond donors (Lipinski definition) is 10. The van der Waals surface area contributed by atoms with Crippen LogP contribution in [-0.4, -0.2) is 170 Å². The van der Waals surface area contributed by atoms with E-state index >= 15 is 0 Å². The Morgan fingerprint density at radius 2 is 1.52 bits per heavy atom. The van der Waals surface area contributed by atoms with E-state index in [2.05, 4.69) is 5.32 Å². The van der Waals surface area contributed by atoms with Gasteiger partial charge in [0.15, 0.2) is 6.29 Å². The van der Waals surface area contributed by atoms with Crippen molar-refractivity contribution in [1.29, 1.82) is 0 Å². The maximum absolute atomic E-state index is 12.9. The number of carboxylic acid groups (broad SMARTS) is 2. The second kappa shape index (κ2) is 23.0. The predicted molar refractivity (Wildman–Crippen MR) is 208 cm³/mol. The van der Waals surface area contributed by atoms with Crippen LogP contribution in [0.15, 0.2) is 84.9 Å². The molecular formula is C42H51N2NaO18. The fraction of sp³-hybridized carbons (Fsp3) is 0.500. The van der Waals surface area contributed by atoms with Crippen molar-refractivity contribution >= 4 is 18.0 Å². The Labute approximate surface area is 383 Å². The van der Waals surface area contributed by atoms with Crippen LogP contribution in [0.2, 0.25) is 0 Å². The number of benzene rings is 3. The van der Waals surface area contributed by atoms with Crippen molar-refractivity contribution in [2.75, 3.05) is 26.4 Å². The van der Waals surface area contributed by atoms with Gasteiger partial charge in [-0.05, 0) is 35.2 Å². The van der Waals surface area contributed by atoms with Crippen LogP contribution in [0, 0.1) is 0 Å². The van der Waals surface area contributed by atoms with Gasteiger partial charge in [0, 0.05) is 25.1 Å². The maximum atomic E-state index is 12.9. The summed E-state index contributed by atoms with van der Waals surface area (Å²) in [5, 5.41) is 104. The molecule has 3 aromatic rings. The molecule has 21 heteroatoms. The van der Waals surface area contributed by atoms with Crippen molar-refractivity contribution in [1.82, 2.24) is 10.6 Å². The molecule has 0 saturated carbocycles. The summed E-state index contributed by atoms with van der Waals surface area (Å²) >= 11 is 0. The minimum absolute atomic E-state index is 0. The standard InChI is InChI=1S/C42H52N2O18.Na/c45-19-29-34(50)37(35(51)39(60-29)59-28-15-16-58-30(33(28)49)21-57-20-22-11-13-24(14-12-22)23-7-3-1-4-8-23)62-42(40(53)54)17-26(46)31(44-41(55)56)36(61-42)32(48)27(47)18-43-38(52)25-9-5-2-6-10-25;/h1-14,26-37,39,44-51H,15-21H2,(H,43,52)(H,53,54)(H,55,56);/q;+1/p-1/t26-,27+,28+,29+,30+,31+,32+,33+,34-,35+,36+,37-,39+,42-;/m0./s1. The Morgan fingerprint density at radius 3 is 2.16 bits per heavy atom. The topological polar surface area (TPSA) is 316 Å². The molecule has 0 unspecified atom stereocenters. The summed E-state index contributed by atoms with van der Waals surface area (Å²) in [6, 6.07) is 23.5. The first-order valence-corrected chi connectivity index (χ1v) is 19.9. The van der Waals surface area contributed by atoms with Crippen LogP contribution < -0.4 is 45.3 Å². The summed E-state index contributed by atoms with van der Waals surface area (Å²) < 4.78 is 34.5. The molecule has 14 atom stereocenters. The van der Waals surface area contributed by atoms with Gasteiger partial charge in [-0.25, -0.2) is 4.79 Å². The van der Waals surface area contributed by atoms with Crippen LogP contribution in [0.4, 0.5) is 4.79 Å². The third-order valence-electron chi connectivity index (χ3n) is 11.0. The molecule has 2 amide bonds. The van der Waals surface area contributed by atoms with Crippen LogP contribution >= 0.6 is 0 Å². The molecule has 20 nitrogen and oxygen atoms in total. The first-order valence-electron chi connectivity index (χ1n) is 19.9. The molecule has 0 bridgehead atoms. The summed E-state index contributed by atoms with van der Waals surface area (Å²) in [6.07, 6.45) is -24.0. The normalized spacial score (nSPS) is 31.8. The average Bonchev–Trinajstić information content (AvgIpc) is 3.27. The molecule has 338 valence electrons. The zero-order valence-corrected chi connectivity index (χ0v) is 36.2. The summed E-state index contributed by atoms with van der Waals surface area (Å²) in [7, 11) is 0. The summed E-state index contributed by atoms with van der Waals surface area (Å²) in [5.41, 5.74) is 3.14. The molecule has 0 spiro atoms. The van der Waals surface area contributed by atoms with Crippen molar-refractivity contribution < 1.29 is 118 Å². The van der Waals surface area contributed by atoms with E-state index in [-0.39, 0.29) is 61.4 Å². The Hall–Kier alpha value is -3.65. The fourth-order valence-electron chi connectivity index (χ4n) is 7.60. The van der Waals surface area contributed by atoms with E-state index in [4.69, 9.17) is 28.4 Å². The molecule has 6 rings (SSSR count). The number of ether oxygens (including phenoxy) is 6. The van der Waals surface area contributed by atoms with E-state index in [1.807, 2.05) is 59.9 Å². The summed E-state index contributed by atoms with van der Waals surface area (Å²) in [6.45, 7) is -1.37. The first-order chi connectivity index (χ1) is 29.7. The van der Waals surface area contributed by atoms with E-state index < -0.39 is 123 Å². The number of carbonyl (C=O) groups is 3. The Morgan fingerprint density at radius 1 is 0.873 bits per heavy atom. The number of rotatable bonds is 17. The number of aliphatic hydroxyl groups excluding tert-OH is 7. The molecular weight excluding hydrogens is 843 g/mol. The first kappa shape index (κ1) is 50.4. The van der Waals surface area contributed by atoms with Crippen LogP contribution in [-0.2, 0) is 39.8 Å². The zero-order chi connectivity index (χ0) is 44.6. The van der Waals surface area contributed by atoms with Gasteiger partial charge in [-0.15, -0.1) is 0 Å². The average molecular weight is 895 g/mol. The van der Waals surface area contributed by atoms with Gasteiger partial charge in [0.1, 0.15) is 54.8 Å². The van der Waals surface area contributed by atoms with Gasteiger partial charge in [0.25, 0.3) is 5.91 Å². The van der Waals surface area contributed by atoms with Gasteiger partial charge in [-0.1, -0.05) is 72.8 Å². The SMILES string of the molecule is O=C(O)N[C@H]1[C@H]([C@H](O)[C@H](O)CNC(=O)c2ccccc2)O[C@@](O[C@H]2[C@@H](O)[C@@H](CO)O[C@@H](O[C@@H]3CCO[C@H](COCc4ccc(-c5ccccc5)cc4)[C@@H]3O)[C@@H]2O)(C(=O)[O-])C[C@@H]1O.[Na+]. The minimum atomic E-state index is -3.17. The van der Waals surface area contributed by atoms with E-state index in [1.54, 1.807) is 18.2 Å². The monoisotopic (exact) mass is 894 g/mol. The van der Waals surface area contributed by atoms with Gasteiger partial charge >= 0.3 is 35.7 Å². The van der Waals surface area contributed by atoms with Gasteiger partial charge in [0.2, 0.25) is 5.79 Å². The third kappa shape index (κ3) is 12.4. The molecule has 3 aromatic carbocycles. The van der Waals surface area contributed by atoms with Gasteiger partial charge in [-0.2, -0.15) is 0 Å². The second-order valence-electron chi connectivity index (χ2n) is 15.2. The van der Waals surface area contributed by atoms with Crippen molar-refractivity contribution in [3.8, 4) is 11.1 Å². The van der Waals surface area contributed by atoms with Crippen molar-refractivity contribution in [3.63, 3.8) is 0 Å². The number of aliphatic carboxylic acids is 1. The van der Waals surface area contributed by atoms with E-state index in [1.165, 1.54) is 12.1 Å².